The van der Waals surface area contributed by atoms with Crippen LogP contribution in [0.4, 0.5) is 0 Å². The van der Waals surface area contributed by atoms with Gasteiger partial charge in [-0.15, -0.1) is 0 Å². The zero-order valence-corrected chi connectivity index (χ0v) is 40.7. The standard InChI is InChI=1S/C53H76O10Si/c1-40(48(59-39-56-7)29-18-22-43(55)36-45-24-19-23-44(61-45)34-35-58-37-41-20-12-9-13-21-41)30-31-42(54)32-33-49(57-8)51-50(62-53(5,6)63-51)38-60-64(52(2,3)4,46-25-14-10-15-26-46)47-27-16-11-17-28-47/h9-18,20-22,25-28,40,42-45,48-51,54-55H,19,23-24,29-31,34-39H2,1-8H3/b22-18+/t40-,42?,43-,44+,45-,48+,49-,50-,51-/m0/s1. The van der Waals surface area contributed by atoms with E-state index in [-0.39, 0.29) is 42.7 Å². The molecule has 10 nitrogen and oxygen atoms in total. The highest BCUT2D eigenvalue weighted by Crippen LogP contribution is 2.39. The molecule has 9 atom stereocenters. The molecule has 3 aromatic carbocycles. The van der Waals surface area contributed by atoms with Gasteiger partial charge in [-0.3, -0.25) is 0 Å². The van der Waals surface area contributed by atoms with Gasteiger partial charge in [-0.05, 0) is 85.7 Å². The molecule has 0 spiro atoms. The molecule has 1 unspecified atom stereocenters. The fourth-order valence-corrected chi connectivity index (χ4v) is 13.6. The quantitative estimate of drug-likeness (QED) is 0.0301. The maximum atomic E-state index is 11.1. The number of hydrogen-bond acceptors (Lipinski definition) is 10. The van der Waals surface area contributed by atoms with E-state index in [1.54, 1.807) is 14.2 Å². The molecule has 0 radical (unpaired) electrons. The molecule has 352 valence electrons. The molecule has 2 saturated heterocycles. The highest BCUT2D eigenvalue weighted by Gasteiger charge is 2.52. The predicted octanol–water partition coefficient (Wildman–Crippen LogP) is 8.11. The van der Waals surface area contributed by atoms with E-state index >= 15 is 0 Å². The van der Waals surface area contributed by atoms with Crippen LogP contribution < -0.4 is 10.4 Å². The normalized spacial score (nSPS) is 22.7. The van der Waals surface area contributed by atoms with Gasteiger partial charge in [0.25, 0.3) is 8.32 Å². The van der Waals surface area contributed by atoms with Crippen molar-refractivity contribution in [2.24, 2.45) is 5.92 Å². The smallest absolute Gasteiger partial charge is 0.261 e. The Hall–Kier alpha value is -3.22. The summed E-state index contributed by atoms with van der Waals surface area (Å²) in [6.45, 7) is 14.3. The molecule has 2 N–H and O–H groups in total. The van der Waals surface area contributed by atoms with Crippen molar-refractivity contribution < 1.29 is 47.8 Å². The van der Waals surface area contributed by atoms with E-state index in [4.69, 9.17) is 37.6 Å². The molecule has 0 amide bonds. The summed E-state index contributed by atoms with van der Waals surface area (Å²) in [6.07, 6.45) is 6.74. The molecule has 3 aromatic rings. The number of hydrogen-bond donors (Lipinski definition) is 2. The van der Waals surface area contributed by atoms with Crippen LogP contribution in [0.25, 0.3) is 0 Å². The molecular formula is C53H76O10Si. The third-order valence-corrected chi connectivity index (χ3v) is 17.3. The van der Waals surface area contributed by atoms with Gasteiger partial charge in [-0.25, -0.2) is 0 Å². The Bertz CT molecular complexity index is 1800. The molecular weight excluding hydrogens is 825 g/mol. The summed E-state index contributed by atoms with van der Waals surface area (Å²) in [5, 5.41) is 24.2. The molecule has 2 heterocycles. The Morgan fingerprint density at radius 3 is 2.12 bits per heavy atom. The number of benzene rings is 3. The van der Waals surface area contributed by atoms with Crippen LogP contribution in [0.5, 0.6) is 0 Å². The second-order valence-electron chi connectivity index (χ2n) is 18.8. The fraction of sp³-hybridized carbons (Fsp3) is 0.585. The molecule has 11 heteroatoms. The average Bonchev–Trinajstić information content (AvgIpc) is 3.60. The highest BCUT2D eigenvalue weighted by atomic mass is 28.4. The highest BCUT2D eigenvalue weighted by molar-refractivity contribution is 6.99. The van der Waals surface area contributed by atoms with Crippen LogP contribution >= 0.6 is 0 Å². The van der Waals surface area contributed by atoms with E-state index in [0.717, 1.165) is 25.7 Å². The van der Waals surface area contributed by atoms with Gasteiger partial charge in [0.2, 0.25) is 0 Å². The maximum absolute atomic E-state index is 11.1. The number of rotatable bonds is 24. The third-order valence-electron chi connectivity index (χ3n) is 12.3. The first kappa shape index (κ1) is 51.8. The molecule has 0 saturated carbocycles. The molecule has 0 aliphatic carbocycles. The zero-order valence-electron chi connectivity index (χ0n) is 39.7. The largest absolute Gasteiger partial charge is 0.405 e. The van der Waals surface area contributed by atoms with E-state index in [1.807, 2.05) is 56.3 Å². The van der Waals surface area contributed by atoms with Gasteiger partial charge in [0.15, 0.2) is 5.79 Å². The lowest BCUT2D eigenvalue weighted by Crippen LogP contribution is -2.67. The van der Waals surface area contributed by atoms with Crippen molar-refractivity contribution in [1.29, 1.82) is 0 Å². The molecule has 2 aliphatic heterocycles. The minimum absolute atomic E-state index is 0.0135. The zero-order chi connectivity index (χ0) is 46.0. The van der Waals surface area contributed by atoms with Gasteiger partial charge >= 0.3 is 0 Å². The van der Waals surface area contributed by atoms with Crippen molar-refractivity contribution in [3.8, 4) is 11.8 Å². The van der Waals surface area contributed by atoms with E-state index in [2.05, 4.69) is 100 Å². The van der Waals surface area contributed by atoms with Crippen molar-refractivity contribution in [2.45, 2.75) is 159 Å². The summed E-state index contributed by atoms with van der Waals surface area (Å²) in [5.41, 5.74) is 1.17. The van der Waals surface area contributed by atoms with Gasteiger partial charge in [-0.1, -0.05) is 143 Å². The lowest BCUT2D eigenvalue weighted by Gasteiger charge is -2.43. The molecule has 2 fully saturated rings. The molecule has 0 aromatic heterocycles. The summed E-state index contributed by atoms with van der Waals surface area (Å²) in [7, 11) is 0.360. The predicted molar refractivity (Wildman–Crippen MR) is 255 cm³/mol. The van der Waals surface area contributed by atoms with E-state index in [1.165, 1.54) is 15.9 Å². The third kappa shape index (κ3) is 15.4. The van der Waals surface area contributed by atoms with Crippen LogP contribution in [0.2, 0.25) is 5.04 Å². The molecule has 0 bridgehead atoms. The fourth-order valence-electron chi connectivity index (χ4n) is 9.03. The van der Waals surface area contributed by atoms with Crippen LogP contribution in [-0.2, 0) is 44.2 Å². The Morgan fingerprint density at radius 2 is 1.50 bits per heavy atom. The summed E-state index contributed by atoms with van der Waals surface area (Å²) >= 11 is 0. The van der Waals surface area contributed by atoms with Gasteiger partial charge in [0.05, 0.1) is 37.6 Å². The first-order valence-electron chi connectivity index (χ1n) is 23.3. The van der Waals surface area contributed by atoms with Gasteiger partial charge in [-0.2, -0.15) is 0 Å². The lowest BCUT2D eigenvalue weighted by atomic mass is 9.94. The topological polar surface area (TPSA) is 114 Å². The summed E-state index contributed by atoms with van der Waals surface area (Å²) in [4.78, 5) is 0. The summed E-state index contributed by atoms with van der Waals surface area (Å²) < 4.78 is 49.7. The van der Waals surface area contributed by atoms with Gasteiger partial charge in [0.1, 0.15) is 31.2 Å². The van der Waals surface area contributed by atoms with Crippen molar-refractivity contribution in [1.82, 2.24) is 0 Å². The number of ether oxygens (including phenoxy) is 7. The summed E-state index contributed by atoms with van der Waals surface area (Å²) in [5.74, 6) is 5.42. The minimum Gasteiger partial charge on any atom is -0.405 e. The maximum Gasteiger partial charge on any atom is 0.261 e. The van der Waals surface area contributed by atoms with Crippen molar-refractivity contribution in [3.05, 3.63) is 109 Å². The second-order valence-corrected chi connectivity index (χ2v) is 23.2. The average molecular weight is 901 g/mol. The van der Waals surface area contributed by atoms with Crippen molar-refractivity contribution in [3.63, 3.8) is 0 Å². The van der Waals surface area contributed by atoms with E-state index in [0.29, 0.717) is 38.9 Å². The molecule has 2 aliphatic rings. The van der Waals surface area contributed by atoms with Gasteiger partial charge in [0, 0.05) is 27.2 Å². The SMILES string of the molecule is COCO[C@H](C/C=C/[C@H](O)C[C@@H]1CCC[C@H](CCOCc2ccccc2)O1)[C@@H](C)CCC(O)C#C[C@H](OC)[C@@H]1OC(C)(C)O[C@H]1CO[Si](c1ccccc1)(c1ccccc1)C(C)(C)C. The first-order chi connectivity index (χ1) is 30.7. The number of aliphatic hydroxyl groups is 2. The molecule has 5 rings (SSSR count). The van der Waals surface area contributed by atoms with Crippen molar-refractivity contribution >= 4 is 18.7 Å². The van der Waals surface area contributed by atoms with Crippen LogP contribution in [-0.4, -0.2) is 107 Å². The Kier molecular flexibility index (Phi) is 20.7. The van der Waals surface area contributed by atoms with Crippen LogP contribution in [0, 0.1) is 17.8 Å². The number of aliphatic hydroxyl groups excluding tert-OH is 2. The van der Waals surface area contributed by atoms with Gasteiger partial charge < -0.3 is 47.8 Å². The molecule has 64 heavy (non-hydrogen) atoms. The van der Waals surface area contributed by atoms with Crippen LogP contribution in [0.1, 0.15) is 98.5 Å². The second kappa shape index (κ2) is 25.6. The minimum atomic E-state index is -2.85. The monoisotopic (exact) mass is 901 g/mol. The first-order valence-corrected chi connectivity index (χ1v) is 25.2. The Morgan fingerprint density at radius 1 is 0.859 bits per heavy atom. The number of methoxy groups -OCH3 is 2. The van der Waals surface area contributed by atoms with Crippen LogP contribution in [0.3, 0.4) is 0 Å². The van der Waals surface area contributed by atoms with E-state index < -0.39 is 44.6 Å². The van der Waals surface area contributed by atoms with E-state index in [9.17, 15) is 10.2 Å². The summed E-state index contributed by atoms with van der Waals surface area (Å²) in [6, 6.07) is 31.3. The van der Waals surface area contributed by atoms with Crippen LogP contribution in [0.15, 0.2) is 103 Å². The Labute approximate surface area is 385 Å². The lowest BCUT2D eigenvalue weighted by molar-refractivity contribution is -0.155. The Balaban J connectivity index is 1.13. The van der Waals surface area contributed by atoms with Crippen molar-refractivity contribution in [2.75, 3.05) is 34.2 Å².